The molecule has 0 aliphatic rings. The highest BCUT2D eigenvalue weighted by Gasteiger charge is 2.09. The van der Waals surface area contributed by atoms with Gasteiger partial charge in [-0.3, -0.25) is 0 Å². The van der Waals surface area contributed by atoms with Crippen LogP contribution in [0.3, 0.4) is 0 Å². The summed E-state index contributed by atoms with van der Waals surface area (Å²) >= 11 is 1.97. The molecule has 0 fully saturated rings. The number of nitrogens with one attached hydrogen (secondary N) is 1. The highest BCUT2D eigenvalue weighted by Crippen LogP contribution is 2.22. The van der Waals surface area contributed by atoms with Crippen molar-refractivity contribution in [2.45, 2.75) is 73.6 Å². The lowest BCUT2D eigenvalue weighted by molar-refractivity contribution is 0.479. The first-order valence-electron chi connectivity index (χ1n) is 8.60. The van der Waals surface area contributed by atoms with Crippen LogP contribution in [0.5, 0.6) is 0 Å². The fourth-order valence-corrected chi connectivity index (χ4v) is 2.16. The Morgan fingerprint density at radius 2 is 1.74 bits per heavy atom. The lowest BCUT2D eigenvalue weighted by Gasteiger charge is -2.17. The van der Waals surface area contributed by atoms with Gasteiger partial charge in [0.2, 0.25) is 0 Å². The monoisotopic (exact) mass is 339 g/mol. The van der Waals surface area contributed by atoms with Gasteiger partial charge in [0.1, 0.15) is 5.76 Å². The molecule has 1 aromatic heterocycles. The van der Waals surface area contributed by atoms with Gasteiger partial charge in [0.05, 0.1) is 6.54 Å². The van der Waals surface area contributed by atoms with Gasteiger partial charge in [-0.15, -0.1) is 0 Å². The summed E-state index contributed by atoms with van der Waals surface area (Å²) in [5.74, 6) is 9.37. The zero-order valence-electron chi connectivity index (χ0n) is 16.7. The zero-order valence-corrected chi connectivity index (χ0v) is 17.5. The molecule has 0 aliphatic heterocycles. The van der Waals surface area contributed by atoms with E-state index in [1.54, 1.807) is 0 Å². The molecule has 0 atom stereocenters. The summed E-state index contributed by atoms with van der Waals surface area (Å²) in [7, 11) is 0. The summed E-state index contributed by atoms with van der Waals surface area (Å²) in [6.07, 6.45) is 0. The van der Waals surface area contributed by atoms with Gasteiger partial charge in [-0.1, -0.05) is 61.3 Å². The molecular weight excluding hydrogens is 302 g/mol. The molecule has 0 bridgehead atoms. The number of hydrogen-bond acceptors (Lipinski definition) is 3. The predicted molar refractivity (Wildman–Crippen MR) is 107 cm³/mol. The molecule has 0 aromatic carbocycles. The third-order valence-electron chi connectivity index (χ3n) is 2.02. The minimum atomic E-state index is 0.343. The van der Waals surface area contributed by atoms with Crippen molar-refractivity contribution >= 4 is 11.8 Å². The fourth-order valence-electron chi connectivity index (χ4n) is 1.30. The number of rotatable bonds is 5. The van der Waals surface area contributed by atoms with Crippen LogP contribution in [-0.4, -0.2) is 17.0 Å². The summed E-state index contributed by atoms with van der Waals surface area (Å²) < 4.78 is 5.87. The van der Waals surface area contributed by atoms with Crippen LogP contribution in [0.25, 0.3) is 0 Å². The first-order valence-corrected chi connectivity index (χ1v) is 9.59. The second-order valence-electron chi connectivity index (χ2n) is 6.51. The topological polar surface area (TPSA) is 25.2 Å². The summed E-state index contributed by atoms with van der Waals surface area (Å²) in [6, 6.07) is 3.89. The maximum atomic E-state index is 5.53. The first kappa shape index (κ1) is 24.4. The third kappa shape index (κ3) is 19.1. The Balaban J connectivity index is 0. The highest BCUT2D eigenvalue weighted by atomic mass is 32.2. The van der Waals surface area contributed by atoms with E-state index in [0.29, 0.717) is 4.75 Å². The molecule has 1 heterocycles. The predicted octanol–water partition coefficient (Wildman–Crippen LogP) is 5.96. The fraction of sp³-hybridized carbons (Fsp3) is 0.700. The Hall–Kier alpha value is -0.850. The van der Waals surface area contributed by atoms with E-state index in [1.165, 1.54) is 0 Å². The molecule has 0 unspecified atom stereocenters. The highest BCUT2D eigenvalue weighted by molar-refractivity contribution is 8.00. The van der Waals surface area contributed by atoms with Crippen LogP contribution in [0.4, 0.5) is 0 Å². The summed E-state index contributed by atoms with van der Waals surface area (Å²) in [5.41, 5.74) is 0. The molecule has 0 amide bonds. The summed E-state index contributed by atoms with van der Waals surface area (Å²) in [4.78, 5) is 0. The van der Waals surface area contributed by atoms with E-state index >= 15 is 0 Å². The Bertz CT molecular complexity index is 430. The largest absolute Gasteiger partial charge is 0.451 e. The number of hydrogen-bond donors (Lipinski definition) is 1. The van der Waals surface area contributed by atoms with Crippen molar-refractivity contribution < 1.29 is 4.42 Å². The van der Waals surface area contributed by atoms with E-state index in [-0.39, 0.29) is 0 Å². The van der Waals surface area contributed by atoms with Crippen molar-refractivity contribution in [3.8, 4) is 11.8 Å². The van der Waals surface area contributed by atoms with Crippen LogP contribution >= 0.6 is 11.8 Å². The Morgan fingerprint density at radius 1 is 1.17 bits per heavy atom. The summed E-state index contributed by atoms with van der Waals surface area (Å²) in [5, 5.41) is 3.37. The molecule has 23 heavy (non-hydrogen) atoms. The quantitative estimate of drug-likeness (QED) is 0.529. The van der Waals surface area contributed by atoms with Crippen molar-refractivity contribution in [2.75, 3.05) is 12.3 Å². The van der Waals surface area contributed by atoms with Gasteiger partial charge in [0.25, 0.3) is 0 Å². The maximum absolute atomic E-state index is 5.53. The number of furan rings is 1. The van der Waals surface area contributed by atoms with Gasteiger partial charge < -0.3 is 9.73 Å². The normalized spacial score (nSPS) is 10.0. The Morgan fingerprint density at radius 3 is 2.22 bits per heavy atom. The minimum Gasteiger partial charge on any atom is -0.451 e. The van der Waals surface area contributed by atoms with Crippen molar-refractivity contribution in [3.63, 3.8) is 0 Å². The van der Waals surface area contributed by atoms with E-state index in [9.17, 15) is 0 Å². The van der Waals surface area contributed by atoms with Crippen LogP contribution in [0.15, 0.2) is 16.5 Å². The lowest BCUT2D eigenvalue weighted by atomic mass is 10.3. The van der Waals surface area contributed by atoms with Crippen molar-refractivity contribution in [2.24, 2.45) is 5.92 Å². The van der Waals surface area contributed by atoms with Gasteiger partial charge in [-0.05, 0) is 30.9 Å². The van der Waals surface area contributed by atoms with Crippen molar-refractivity contribution in [1.82, 2.24) is 5.32 Å². The van der Waals surface area contributed by atoms with E-state index in [0.717, 1.165) is 36.3 Å². The average Bonchev–Trinajstić information content (AvgIpc) is 2.87. The molecule has 0 saturated heterocycles. The zero-order chi connectivity index (χ0) is 18.3. The van der Waals surface area contributed by atoms with Gasteiger partial charge in [-0.2, -0.15) is 11.8 Å². The Labute approximate surface area is 149 Å². The lowest BCUT2D eigenvalue weighted by Crippen LogP contribution is -2.19. The molecule has 0 aliphatic carbocycles. The SMILES string of the molecule is CC.CC#Cc1ccc(CNCCSC(C)(C)C)o1.CC(C)C. The van der Waals surface area contributed by atoms with Crippen LogP contribution in [0.2, 0.25) is 0 Å². The van der Waals surface area contributed by atoms with Crippen molar-refractivity contribution in [1.29, 1.82) is 0 Å². The van der Waals surface area contributed by atoms with E-state index < -0.39 is 0 Å². The van der Waals surface area contributed by atoms with Crippen LogP contribution < -0.4 is 5.32 Å². The summed E-state index contributed by atoms with van der Waals surface area (Å²) in [6.45, 7) is 20.8. The van der Waals surface area contributed by atoms with E-state index in [2.05, 4.69) is 58.7 Å². The second-order valence-corrected chi connectivity index (χ2v) is 8.43. The van der Waals surface area contributed by atoms with E-state index in [4.69, 9.17) is 4.42 Å². The average molecular weight is 340 g/mol. The van der Waals surface area contributed by atoms with Gasteiger partial charge in [0.15, 0.2) is 5.76 Å². The molecular formula is C20H37NOS. The molecule has 134 valence electrons. The van der Waals surface area contributed by atoms with Crippen molar-refractivity contribution in [3.05, 3.63) is 23.7 Å². The molecule has 1 aromatic rings. The molecule has 0 saturated carbocycles. The van der Waals surface area contributed by atoms with Crippen LogP contribution in [0, 0.1) is 17.8 Å². The second kappa shape index (κ2) is 14.7. The van der Waals surface area contributed by atoms with Crippen LogP contribution in [0.1, 0.15) is 73.8 Å². The molecule has 2 nitrogen and oxygen atoms in total. The Kier molecular flexibility index (Phi) is 15.6. The van der Waals surface area contributed by atoms with Gasteiger partial charge >= 0.3 is 0 Å². The maximum Gasteiger partial charge on any atom is 0.177 e. The molecule has 1 rings (SSSR count). The standard InChI is InChI=1S/C14H21NOS.C4H10.C2H6/c1-5-6-12-7-8-13(16-12)11-15-9-10-17-14(2,3)4;1-4(2)3;1-2/h7-8,15H,9-11H2,1-4H3;4H,1-3H3;1-2H3. The first-order chi connectivity index (χ1) is 10.7. The van der Waals surface area contributed by atoms with Gasteiger partial charge in [-0.25, -0.2) is 0 Å². The third-order valence-corrected chi connectivity index (χ3v) is 3.30. The molecule has 0 radical (unpaired) electrons. The minimum absolute atomic E-state index is 0.343. The molecule has 1 N–H and O–H groups in total. The van der Waals surface area contributed by atoms with Crippen LogP contribution in [-0.2, 0) is 6.54 Å². The smallest absolute Gasteiger partial charge is 0.177 e. The molecule has 3 heteroatoms. The van der Waals surface area contributed by atoms with Gasteiger partial charge in [0, 0.05) is 17.0 Å². The van der Waals surface area contributed by atoms with E-state index in [1.807, 2.05) is 44.7 Å². The molecule has 0 spiro atoms. The number of thioether (sulfide) groups is 1.